The van der Waals surface area contributed by atoms with Crippen LogP contribution in [0.2, 0.25) is 0 Å². The van der Waals surface area contributed by atoms with E-state index in [1.807, 2.05) is 6.07 Å². The molecule has 3 rings (SSSR count). The minimum absolute atomic E-state index is 0.217. The zero-order valence-corrected chi connectivity index (χ0v) is 14.0. The van der Waals surface area contributed by atoms with Crippen LogP contribution in [0.1, 0.15) is 0 Å². The highest BCUT2D eigenvalue weighted by molar-refractivity contribution is 9.10. The highest BCUT2D eigenvalue weighted by Crippen LogP contribution is 2.24. The monoisotopic (exact) mass is 414 g/mol. The number of halogens is 2. The maximum Gasteiger partial charge on any atom is 0.269 e. The van der Waals surface area contributed by atoms with Gasteiger partial charge in [-0.2, -0.15) is 0 Å². The Labute approximate surface area is 132 Å². The van der Waals surface area contributed by atoms with E-state index >= 15 is 0 Å². The highest BCUT2D eigenvalue weighted by Gasteiger charge is 2.19. The number of rotatable bonds is 2. The molecule has 0 N–H and O–H groups in total. The molecule has 2 heterocycles. The first-order chi connectivity index (χ1) is 9.48. The summed E-state index contributed by atoms with van der Waals surface area (Å²) in [6, 6.07) is 10.2. The Morgan fingerprint density at radius 2 is 1.85 bits per heavy atom. The van der Waals surface area contributed by atoms with Crippen molar-refractivity contribution < 1.29 is 8.42 Å². The fourth-order valence-corrected chi connectivity index (χ4v) is 4.16. The number of pyridine rings is 1. The summed E-state index contributed by atoms with van der Waals surface area (Å²) in [6.07, 6.45) is 3.09. The molecule has 0 fully saturated rings. The molecule has 2 aromatic heterocycles. The van der Waals surface area contributed by atoms with E-state index in [9.17, 15) is 8.42 Å². The fraction of sp³-hybridized carbons (Fsp3) is 0. The van der Waals surface area contributed by atoms with Crippen LogP contribution < -0.4 is 0 Å². The third-order valence-corrected chi connectivity index (χ3v) is 5.40. The average molecular weight is 416 g/mol. The number of fused-ring (bicyclic) bond motifs is 1. The molecule has 102 valence electrons. The van der Waals surface area contributed by atoms with Crippen LogP contribution in [0.4, 0.5) is 0 Å². The molecule has 20 heavy (non-hydrogen) atoms. The summed E-state index contributed by atoms with van der Waals surface area (Å²) < 4.78 is 28.0. The topological polar surface area (TPSA) is 52.0 Å². The van der Waals surface area contributed by atoms with Gasteiger partial charge < -0.3 is 0 Å². The fourth-order valence-electron chi connectivity index (χ4n) is 1.91. The Balaban J connectivity index is 2.24. The predicted octanol–water partition coefficient (Wildman–Crippen LogP) is 3.80. The van der Waals surface area contributed by atoms with Crippen molar-refractivity contribution in [2.45, 2.75) is 4.90 Å². The van der Waals surface area contributed by atoms with Crippen molar-refractivity contribution >= 4 is 52.9 Å². The first-order valence-corrected chi connectivity index (χ1v) is 8.65. The van der Waals surface area contributed by atoms with Gasteiger partial charge in [0.2, 0.25) is 0 Å². The van der Waals surface area contributed by atoms with Gasteiger partial charge in [0.15, 0.2) is 5.65 Å². The molecule has 0 unspecified atom stereocenters. The van der Waals surface area contributed by atoms with Gasteiger partial charge >= 0.3 is 0 Å². The van der Waals surface area contributed by atoms with Gasteiger partial charge in [-0.05, 0) is 46.3 Å². The Hall–Kier alpha value is -1.18. The molecule has 0 aliphatic heterocycles. The van der Waals surface area contributed by atoms with Gasteiger partial charge in [-0.15, -0.1) is 0 Å². The molecule has 0 atom stereocenters. The number of aromatic nitrogens is 2. The molecule has 0 amide bonds. The van der Waals surface area contributed by atoms with Crippen LogP contribution in [0.5, 0.6) is 0 Å². The Kier molecular flexibility index (Phi) is 3.43. The van der Waals surface area contributed by atoms with E-state index in [-0.39, 0.29) is 4.90 Å². The molecule has 0 aliphatic rings. The number of hydrogen-bond acceptors (Lipinski definition) is 3. The third kappa shape index (κ3) is 2.30. The zero-order valence-electron chi connectivity index (χ0n) is 9.99. The van der Waals surface area contributed by atoms with Crippen LogP contribution in [0.15, 0.2) is 62.6 Å². The lowest BCUT2D eigenvalue weighted by Gasteiger charge is -2.07. The lowest BCUT2D eigenvalue weighted by molar-refractivity contribution is 0.588. The molecule has 0 bridgehead atoms. The maximum absolute atomic E-state index is 12.6. The van der Waals surface area contributed by atoms with Crippen molar-refractivity contribution in [1.82, 2.24) is 8.96 Å². The summed E-state index contributed by atoms with van der Waals surface area (Å²) in [5, 5.41) is 0.762. The van der Waals surface area contributed by atoms with Crippen LogP contribution >= 0.6 is 31.9 Å². The van der Waals surface area contributed by atoms with E-state index in [0.29, 0.717) is 10.1 Å². The zero-order chi connectivity index (χ0) is 14.3. The predicted molar refractivity (Wildman–Crippen MR) is 84.2 cm³/mol. The van der Waals surface area contributed by atoms with Crippen molar-refractivity contribution in [3.05, 3.63) is 57.7 Å². The number of nitrogens with zero attached hydrogens (tertiary/aromatic N) is 2. The van der Waals surface area contributed by atoms with Crippen molar-refractivity contribution in [2.75, 3.05) is 0 Å². The van der Waals surface area contributed by atoms with Gasteiger partial charge in [-0.3, -0.25) is 0 Å². The SMILES string of the molecule is O=S(=O)(c1cccc(Br)c1)n1ccc2cc(Br)cnc21. The van der Waals surface area contributed by atoms with E-state index in [4.69, 9.17) is 0 Å². The first kappa shape index (κ1) is 13.8. The second kappa shape index (κ2) is 4.98. The van der Waals surface area contributed by atoms with E-state index in [2.05, 4.69) is 36.8 Å². The highest BCUT2D eigenvalue weighted by atomic mass is 79.9. The molecule has 0 radical (unpaired) electrons. The Bertz CT molecular complexity index is 904. The lowest BCUT2D eigenvalue weighted by Crippen LogP contribution is -2.12. The van der Waals surface area contributed by atoms with Gasteiger partial charge in [0.25, 0.3) is 10.0 Å². The van der Waals surface area contributed by atoms with E-state index in [0.717, 1.165) is 9.86 Å². The van der Waals surface area contributed by atoms with Crippen LogP contribution in [0.3, 0.4) is 0 Å². The summed E-state index contributed by atoms with van der Waals surface area (Å²) >= 11 is 6.60. The second-order valence-corrected chi connectivity index (χ2v) is 7.79. The van der Waals surface area contributed by atoms with Crippen LogP contribution in [-0.4, -0.2) is 17.4 Å². The van der Waals surface area contributed by atoms with E-state index in [1.165, 1.54) is 10.2 Å². The summed E-state index contributed by atoms with van der Waals surface area (Å²) in [4.78, 5) is 4.40. The standard InChI is InChI=1S/C13H8Br2N2O2S/c14-10-2-1-3-12(7-10)20(18,19)17-5-4-9-6-11(15)8-16-13(9)17/h1-8H. The molecular weight excluding hydrogens is 408 g/mol. The normalized spacial score (nSPS) is 11.9. The van der Waals surface area contributed by atoms with Gasteiger partial charge in [0.1, 0.15) is 0 Å². The minimum Gasteiger partial charge on any atom is -0.236 e. The first-order valence-electron chi connectivity index (χ1n) is 5.62. The van der Waals surface area contributed by atoms with Crippen molar-refractivity contribution in [3.63, 3.8) is 0 Å². The van der Waals surface area contributed by atoms with Crippen LogP contribution in [-0.2, 0) is 10.0 Å². The van der Waals surface area contributed by atoms with Gasteiger partial charge in [-0.25, -0.2) is 17.4 Å². The third-order valence-electron chi connectivity index (χ3n) is 2.81. The smallest absolute Gasteiger partial charge is 0.236 e. The van der Waals surface area contributed by atoms with Crippen LogP contribution in [0, 0.1) is 0 Å². The molecule has 0 saturated heterocycles. The summed E-state index contributed by atoms with van der Waals surface area (Å²) in [5.74, 6) is 0. The van der Waals surface area contributed by atoms with Gasteiger partial charge in [0, 0.05) is 26.7 Å². The van der Waals surface area contributed by atoms with E-state index < -0.39 is 10.0 Å². The van der Waals surface area contributed by atoms with Gasteiger partial charge in [0.05, 0.1) is 4.90 Å². The Morgan fingerprint density at radius 1 is 1.05 bits per heavy atom. The Morgan fingerprint density at radius 3 is 2.60 bits per heavy atom. The number of benzene rings is 1. The largest absolute Gasteiger partial charge is 0.269 e. The summed E-state index contributed by atoms with van der Waals surface area (Å²) in [5.41, 5.74) is 0.410. The van der Waals surface area contributed by atoms with E-state index in [1.54, 1.807) is 36.5 Å². The maximum atomic E-state index is 12.6. The molecule has 0 aliphatic carbocycles. The van der Waals surface area contributed by atoms with Crippen molar-refractivity contribution in [1.29, 1.82) is 0 Å². The molecular formula is C13H8Br2N2O2S. The van der Waals surface area contributed by atoms with Crippen molar-refractivity contribution in [2.24, 2.45) is 0 Å². The average Bonchev–Trinajstić information content (AvgIpc) is 2.82. The second-order valence-electron chi connectivity index (χ2n) is 4.14. The lowest BCUT2D eigenvalue weighted by atomic mass is 10.3. The molecule has 0 spiro atoms. The van der Waals surface area contributed by atoms with Crippen LogP contribution in [0.25, 0.3) is 11.0 Å². The van der Waals surface area contributed by atoms with Crippen molar-refractivity contribution in [3.8, 4) is 0 Å². The molecule has 1 aromatic carbocycles. The molecule has 3 aromatic rings. The quantitative estimate of drug-likeness (QED) is 0.639. The summed E-state index contributed by atoms with van der Waals surface area (Å²) in [6.45, 7) is 0. The minimum atomic E-state index is -3.65. The molecule has 0 saturated carbocycles. The molecule has 7 heteroatoms. The molecule has 4 nitrogen and oxygen atoms in total. The summed E-state index contributed by atoms with van der Waals surface area (Å²) in [7, 11) is -3.65. The van der Waals surface area contributed by atoms with Gasteiger partial charge in [-0.1, -0.05) is 22.0 Å². The number of hydrogen-bond donors (Lipinski definition) is 0.